The number of amides is 1. The van der Waals surface area contributed by atoms with Crippen molar-refractivity contribution < 1.29 is 14.3 Å². The molecule has 0 rings (SSSR count). The Kier molecular flexibility index (Phi) is 6.16. The molecule has 0 aromatic carbocycles. The lowest BCUT2D eigenvalue weighted by Gasteiger charge is -2.25. The molecule has 100 valence electrons. The van der Waals surface area contributed by atoms with Crippen molar-refractivity contribution in [3.63, 3.8) is 0 Å². The van der Waals surface area contributed by atoms with E-state index in [1.54, 1.807) is 6.92 Å². The number of esters is 1. The maximum absolute atomic E-state index is 11.9. The van der Waals surface area contributed by atoms with Crippen molar-refractivity contribution in [2.45, 2.75) is 52.1 Å². The highest BCUT2D eigenvalue weighted by Gasteiger charge is 2.31. The number of methoxy groups -OCH3 is 1. The molecule has 0 aromatic rings. The molecular weight excluding hydrogens is 220 g/mol. The number of rotatable bonds is 6. The molecule has 0 saturated heterocycles. The first-order valence-electron chi connectivity index (χ1n) is 5.92. The topological polar surface area (TPSA) is 81.4 Å². The minimum Gasteiger partial charge on any atom is -0.467 e. The van der Waals surface area contributed by atoms with Crippen LogP contribution in [0, 0.1) is 5.92 Å². The van der Waals surface area contributed by atoms with E-state index < -0.39 is 17.6 Å². The molecule has 0 spiro atoms. The standard InChI is InChI=1S/C12H24N2O3/c1-6-12(4,13)11(16)14-9(7-8(2)3)10(15)17-5/h8-9H,6-7,13H2,1-5H3,(H,14,16)/t9-,12?/m0/s1. The van der Waals surface area contributed by atoms with Crippen LogP contribution in [-0.4, -0.2) is 30.6 Å². The lowest BCUT2D eigenvalue weighted by atomic mass is 9.97. The predicted octanol–water partition coefficient (Wildman–Crippen LogP) is 0.818. The summed E-state index contributed by atoms with van der Waals surface area (Å²) in [4.78, 5) is 23.4. The molecule has 3 N–H and O–H groups in total. The molecule has 0 radical (unpaired) electrons. The fourth-order valence-electron chi connectivity index (χ4n) is 1.31. The predicted molar refractivity (Wildman–Crippen MR) is 66.3 cm³/mol. The van der Waals surface area contributed by atoms with E-state index in [0.29, 0.717) is 12.8 Å². The van der Waals surface area contributed by atoms with E-state index in [-0.39, 0.29) is 11.8 Å². The van der Waals surface area contributed by atoms with Gasteiger partial charge in [0.05, 0.1) is 12.6 Å². The molecule has 0 fully saturated rings. The molecule has 0 saturated carbocycles. The van der Waals surface area contributed by atoms with Crippen LogP contribution in [0.2, 0.25) is 0 Å². The lowest BCUT2D eigenvalue weighted by molar-refractivity contribution is -0.146. The summed E-state index contributed by atoms with van der Waals surface area (Å²) in [5.74, 6) is -0.472. The van der Waals surface area contributed by atoms with E-state index in [1.807, 2.05) is 20.8 Å². The van der Waals surface area contributed by atoms with Gasteiger partial charge < -0.3 is 15.8 Å². The van der Waals surface area contributed by atoms with Crippen LogP contribution >= 0.6 is 0 Å². The van der Waals surface area contributed by atoms with Gasteiger partial charge in [-0.3, -0.25) is 4.79 Å². The second-order valence-corrected chi connectivity index (χ2v) is 4.95. The maximum Gasteiger partial charge on any atom is 0.328 e. The van der Waals surface area contributed by atoms with Crippen molar-refractivity contribution in [3.8, 4) is 0 Å². The highest BCUT2D eigenvalue weighted by atomic mass is 16.5. The Morgan fingerprint density at radius 2 is 1.94 bits per heavy atom. The summed E-state index contributed by atoms with van der Waals surface area (Å²) in [6.07, 6.45) is 1.05. The Morgan fingerprint density at radius 1 is 1.41 bits per heavy atom. The zero-order valence-electron chi connectivity index (χ0n) is 11.4. The Morgan fingerprint density at radius 3 is 2.29 bits per heavy atom. The normalized spacial score (nSPS) is 16.2. The number of carbonyl (C=O) groups excluding carboxylic acids is 2. The average molecular weight is 244 g/mol. The fraction of sp³-hybridized carbons (Fsp3) is 0.833. The zero-order valence-corrected chi connectivity index (χ0v) is 11.4. The first kappa shape index (κ1) is 15.9. The number of nitrogens with two attached hydrogens (primary N) is 1. The third kappa shape index (κ3) is 5.17. The van der Waals surface area contributed by atoms with Gasteiger partial charge in [-0.15, -0.1) is 0 Å². The summed E-state index contributed by atoms with van der Waals surface area (Å²) in [7, 11) is 1.31. The third-order valence-electron chi connectivity index (χ3n) is 2.75. The van der Waals surface area contributed by atoms with Crippen LogP contribution in [0.4, 0.5) is 0 Å². The summed E-state index contributed by atoms with van der Waals surface area (Å²) in [5.41, 5.74) is 4.86. The summed E-state index contributed by atoms with van der Waals surface area (Å²) in [5, 5.41) is 2.65. The number of hydrogen-bond acceptors (Lipinski definition) is 4. The van der Waals surface area contributed by atoms with Gasteiger partial charge in [0.1, 0.15) is 6.04 Å². The van der Waals surface area contributed by atoms with Crippen molar-refractivity contribution in [1.29, 1.82) is 0 Å². The first-order chi connectivity index (χ1) is 7.74. The van der Waals surface area contributed by atoms with Crippen molar-refractivity contribution in [2.24, 2.45) is 11.7 Å². The molecule has 0 aliphatic carbocycles. The van der Waals surface area contributed by atoms with Gasteiger partial charge in [0.25, 0.3) is 0 Å². The summed E-state index contributed by atoms with van der Waals surface area (Å²) in [6, 6.07) is -0.623. The number of nitrogens with one attached hydrogen (secondary N) is 1. The first-order valence-corrected chi connectivity index (χ1v) is 5.92. The Balaban J connectivity index is 4.64. The van der Waals surface area contributed by atoms with E-state index in [4.69, 9.17) is 5.73 Å². The van der Waals surface area contributed by atoms with Gasteiger partial charge in [-0.25, -0.2) is 4.79 Å². The molecule has 1 amide bonds. The molecule has 0 aromatic heterocycles. The van der Waals surface area contributed by atoms with Gasteiger partial charge in [0.2, 0.25) is 5.91 Å². The van der Waals surface area contributed by atoms with Crippen LogP contribution in [0.1, 0.15) is 40.5 Å². The van der Waals surface area contributed by atoms with Crippen LogP contribution in [0.25, 0.3) is 0 Å². The van der Waals surface area contributed by atoms with Crippen LogP contribution in [-0.2, 0) is 14.3 Å². The van der Waals surface area contributed by atoms with Gasteiger partial charge in [0.15, 0.2) is 0 Å². The molecule has 17 heavy (non-hydrogen) atoms. The van der Waals surface area contributed by atoms with Crippen molar-refractivity contribution in [3.05, 3.63) is 0 Å². The molecule has 5 heteroatoms. The van der Waals surface area contributed by atoms with Crippen LogP contribution in [0.5, 0.6) is 0 Å². The monoisotopic (exact) mass is 244 g/mol. The Bertz CT molecular complexity index is 275. The molecule has 5 nitrogen and oxygen atoms in total. The summed E-state index contributed by atoms with van der Waals surface area (Å²) in [6.45, 7) is 7.42. The number of hydrogen-bond donors (Lipinski definition) is 2. The fourth-order valence-corrected chi connectivity index (χ4v) is 1.31. The number of ether oxygens (including phenoxy) is 1. The van der Waals surface area contributed by atoms with Crippen molar-refractivity contribution in [1.82, 2.24) is 5.32 Å². The summed E-state index contributed by atoms with van der Waals surface area (Å²) >= 11 is 0. The molecule has 0 bridgehead atoms. The van der Waals surface area contributed by atoms with E-state index in [0.717, 1.165) is 0 Å². The van der Waals surface area contributed by atoms with Crippen molar-refractivity contribution in [2.75, 3.05) is 7.11 Å². The van der Waals surface area contributed by atoms with E-state index in [9.17, 15) is 9.59 Å². The molecule has 2 atom stereocenters. The van der Waals surface area contributed by atoms with E-state index in [1.165, 1.54) is 7.11 Å². The Labute approximate surface area is 103 Å². The SMILES string of the molecule is CCC(C)(N)C(=O)N[C@@H](CC(C)C)C(=O)OC. The lowest BCUT2D eigenvalue weighted by Crippen LogP contribution is -2.55. The van der Waals surface area contributed by atoms with E-state index in [2.05, 4.69) is 10.1 Å². The van der Waals surface area contributed by atoms with Gasteiger partial charge in [-0.2, -0.15) is 0 Å². The quantitative estimate of drug-likeness (QED) is 0.678. The van der Waals surface area contributed by atoms with Gasteiger partial charge >= 0.3 is 5.97 Å². The van der Waals surface area contributed by atoms with Crippen LogP contribution in [0.3, 0.4) is 0 Å². The Hall–Kier alpha value is -1.10. The highest BCUT2D eigenvalue weighted by molar-refractivity contribution is 5.89. The minimum absolute atomic E-state index is 0.282. The largest absolute Gasteiger partial charge is 0.467 e. The molecular formula is C12H24N2O3. The second-order valence-electron chi connectivity index (χ2n) is 4.95. The molecule has 0 heterocycles. The van der Waals surface area contributed by atoms with Gasteiger partial charge in [0, 0.05) is 0 Å². The number of carbonyl (C=O) groups is 2. The maximum atomic E-state index is 11.9. The van der Waals surface area contributed by atoms with Crippen LogP contribution < -0.4 is 11.1 Å². The van der Waals surface area contributed by atoms with Gasteiger partial charge in [-0.05, 0) is 25.7 Å². The van der Waals surface area contributed by atoms with Crippen molar-refractivity contribution >= 4 is 11.9 Å². The summed E-state index contributed by atoms with van der Waals surface area (Å²) < 4.78 is 4.67. The average Bonchev–Trinajstić information content (AvgIpc) is 2.26. The van der Waals surface area contributed by atoms with E-state index >= 15 is 0 Å². The smallest absolute Gasteiger partial charge is 0.328 e. The second kappa shape index (κ2) is 6.59. The minimum atomic E-state index is -0.955. The molecule has 1 unspecified atom stereocenters. The molecule has 0 aliphatic heterocycles. The molecule has 0 aliphatic rings. The highest BCUT2D eigenvalue weighted by Crippen LogP contribution is 2.10. The van der Waals surface area contributed by atoms with Gasteiger partial charge in [-0.1, -0.05) is 20.8 Å². The van der Waals surface area contributed by atoms with Crippen LogP contribution in [0.15, 0.2) is 0 Å². The zero-order chi connectivity index (χ0) is 13.6. The third-order valence-corrected chi connectivity index (χ3v) is 2.75.